The molecule has 3 heterocycles. The number of hydrogen-bond donors (Lipinski definition) is 0. The summed E-state index contributed by atoms with van der Waals surface area (Å²) in [6.07, 6.45) is 3.13. The Hall–Kier alpha value is -2.08. The Kier molecular flexibility index (Phi) is 2.87. The van der Waals surface area contributed by atoms with E-state index < -0.39 is 0 Å². The molecule has 3 rings (SSSR count). The molecule has 0 aliphatic rings. The molecule has 0 N–H and O–H groups in total. The van der Waals surface area contributed by atoms with E-state index in [-0.39, 0.29) is 11.3 Å². The van der Waals surface area contributed by atoms with Crippen LogP contribution in [0, 0.1) is 0 Å². The van der Waals surface area contributed by atoms with Gasteiger partial charge in [-0.2, -0.15) is 5.10 Å². The molecule has 0 bridgehead atoms. The second-order valence-electron chi connectivity index (χ2n) is 4.36. The fourth-order valence-electron chi connectivity index (χ4n) is 1.84. The van der Waals surface area contributed by atoms with Crippen LogP contribution in [-0.4, -0.2) is 29.7 Å². The summed E-state index contributed by atoms with van der Waals surface area (Å²) >= 11 is 5.75. The lowest BCUT2D eigenvalue weighted by molar-refractivity contribution is 0.537. The summed E-state index contributed by atoms with van der Waals surface area (Å²) in [7, 11) is 0. The van der Waals surface area contributed by atoms with Crippen LogP contribution in [0.5, 0.6) is 0 Å². The lowest BCUT2D eigenvalue weighted by Gasteiger charge is -2.08. The summed E-state index contributed by atoms with van der Waals surface area (Å²) in [4.78, 5) is 16.8. The zero-order valence-electron chi connectivity index (χ0n) is 10.4. The normalized spacial score (nSPS) is 11.4. The molecule has 7 heteroatoms. The van der Waals surface area contributed by atoms with Crippen molar-refractivity contribution in [3.63, 3.8) is 0 Å². The molecule has 0 aliphatic carbocycles. The lowest BCUT2D eigenvalue weighted by atomic mass is 10.3. The van der Waals surface area contributed by atoms with E-state index >= 15 is 0 Å². The van der Waals surface area contributed by atoms with Crippen molar-refractivity contribution in [2.24, 2.45) is 0 Å². The first-order chi connectivity index (χ1) is 9.15. The molecular formula is C12H11ClN6. The number of nitrogens with zero attached hydrogens (tertiary/aromatic N) is 6. The molecule has 6 nitrogen and oxygen atoms in total. The van der Waals surface area contributed by atoms with Gasteiger partial charge >= 0.3 is 0 Å². The second kappa shape index (κ2) is 4.55. The SMILES string of the molecule is CC(C)n1ncnc1-c1ccc2nc(Cl)ncc2n1. The zero-order chi connectivity index (χ0) is 13.4. The highest BCUT2D eigenvalue weighted by molar-refractivity contribution is 6.28. The number of fused-ring (bicyclic) bond motifs is 1. The van der Waals surface area contributed by atoms with Crippen LogP contribution in [-0.2, 0) is 0 Å². The Bertz CT molecular complexity index is 736. The minimum Gasteiger partial charge on any atom is -0.242 e. The van der Waals surface area contributed by atoms with Gasteiger partial charge < -0.3 is 0 Å². The number of hydrogen-bond acceptors (Lipinski definition) is 5. The molecule has 3 aromatic rings. The van der Waals surface area contributed by atoms with Crippen molar-refractivity contribution in [2.75, 3.05) is 0 Å². The quantitative estimate of drug-likeness (QED) is 0.672. The van der Waals surface area contributed by atoms with Crippen molar-refractivity contribution in [2.45, 2.75) is 19.9 Å². The van der Waals surface area contributed by atoms with Crippen LogP contribution in [0.25, 0.3) is 22.6 Å². The third kappa shape index (κ3) is 2.15. The highest BCUT2D eigenvalue weighted by Crippen LogP contribution is 2.20. The third-order valence-electron chi connectivity index (χ3n) is 2.70. The van der Waals surface area contributed by atoms with E-state index in [9.17, 15) is 0 Å². The lowest BCUT2D eigenvalue weighted by Crippen LogP contribution is -2.06. The predicted octanol–water partition coefficient (Wildman–Crippen LogP) is 2.52. The number of halogens is 1. The van der Waals surface area contributed by atoms with Crippen LogP contribution in [0.3, 0.4) is 0 Å². The van der Waals surface area contributed by atoms with Crippen LogP contribution in [0.15, 0.2) is 24.7 Å². The van der Waals surface area contributed by atoms with Crippen molar-refractivity contribution in [3.8, 4) is 11.5 Å². The summed E-state index contributed by atoms with van der Waals surface area (Å²) < 4.78 is 1.82. The minimum absolute atomic E-state index is 0.215. The summed E-state index contributed by atoms with van der Waals surface area (Å²) in [6, 6.07) is 3.93. The van der Waals surface area contributed by atoms with E-state index in [1.165, 1.54) is 6.33 Å². The summed E-state index contributed by atoms with van der Waals surface area (Å²) in [5, 5.41) is 4.41. The van der Waals surface area contributed by atoms with E-state index in [1.807, 2.05) is 30.7 Å². The number of rotatable bonds is 2. The molecule has 19 heavy (non-hydrogen) atoms. The maximum atomic E-state index is 5.75. The Morgan fingerprint density at radius 3 is 2.74 bits per heavy atom. The molecule has 0 fully saturated rings. The van der Waals surface area contributed by atoms with Gasteiger partial charge in [-0.05, 0) is 37.6 Å². The maximum Gasteiger partial charge on any atom is 0.223 e. The third-order valence-corrected chi connectivity index (χ3v) is 2.88. The molecule has 0 atom stereocenters. The highest BCUT2D eigenvalue weighted by atomic mass is 35.5. The monoisotopic (exact) mass is 274 g/mol. The van der Waals surface area contributed by atoms with Gasteiger partial charge in [0.25, 0.3) is 0 Å². The molecule has 0 saturated carbocycles. The Morgan fingerprint density at radius 1 is 1.11 bits per heavy atom. The van der Waals surface area contributed by atoms with Crippen molar-refractivity contribution in [1.82, 2.24) is 29.7 Å². The average Bonchev–Trinajstić information content (AvgIpc) is 2.87. The van der Waals surface area contributed by atoms with E-state index in [2.05, 4.69) is 25.0 Å². The van der Waals surface area contributed by atoms with Gasteiger partial charge in [0.15, 0.2) is 5.82 Å². The fraction of sp³-hybridized carbons (Fsp3) is 0.250. The fourth-order valence-corrected chi connectivity index (χ4v) is 1.98. The van der Waals surface area contributed by atoms with Crippen LogP contribution >= 0.6 is 11.6 Å². The molecule has 0 unspecified atom stereocenters. The molecular weight excluding hydrogens is 264 g/mol. The second-order valence-corrected chi connectivity index (χ2v) is 4.70. The molecule has 0 amide bonds. The van der Waals surface area contributed by atoms with Crippen LogP contribution in [0.4, 0.5) is 0 Å². The first kappa shape index (κ1) is 12.0. The van der Waals surface area contributed by atoms with E-state index in [1.54, 1.807) is 6.20 Å². The molecule has 96 valence electrons. The van der Waals surface area contributed by atoms with Crippen LogP contribution in [0.2, 0.25) is 5.28 Å². The molecule has 3 aromatic heterocycles. The van der Waals surface area contributed by atoms with Gasteiger partial charge in [-0.25, -0.2) is 24.6 Å². The topological polar surface area (TPSA) is 69.4 Å². The summed E-state index contributed by atoms with van der Waals surface area (Å²) in [6.45, 7) is 4.09. The van der Waals surface area contributed by atoms with Gasteiger partial charge in [0.2, 0.25) is 5.28 Å². The smallest absolute Gasteiger partial charge is 0.223 e. The van der Waals surface area contributed by atoms with Crippen LogP contribution in [0.1, 0.15) is 19.9 Å². The maximum absolute atomic E-state index is 5.75. The van der Waals surface area contributed by atoms with Crippen molar-refractivity contribution >= 4 is 22.6 Å². The van der Waals surface area contributed by atoms with Gasteiger partial charge in [0.1, 0.15) is 17.5 Å². The molecule has 0 radical (unpaired) electrons. The van der Waals surface area contributed by atoms with Crippen molar-refractivity contribution in [1.29, 1.82) is 0 Å². The molecule has 0 aromatic carbocycles. The molecule has 0 aliphatic heterocycles. The zero-order valence-corrected chi connectivity index (χ0v) is 11.2. The molecule has 0 saturated heterocycles. The largest absolute Gasteiger partial charge is 0.242 e. The van der Waals surface area contributed by atoms with Crippen LogP contribution < -0.4 is 0 Å². The number of pyridine rings is 1. The first-order valence-corrected chi connectivity index (χ1v) is 6.22. The van der Waals surface area contributed by atoms with Gasteiger partial charge in [0.05, 0.1) is 11.7 Å². The van der Waals surface area contributed by atoms with E-state index in [0.717, 1.165) is 11.5 Å². The summed E-state index contributed by atoms with van der Waals surface area (Å²) in [5.41, 5.74) is 2.13. The van der Waals surface area contributed by atoms with Gasteiger partial charge in [0, 0.05) is 6.04 Å². The standard InChI is InChI=1S/C12H11ClN6/c1-7(2)19-11(15-6-16-19)9-4-3-8-10(17-9)5-14-12(13)18-8/h3-7H,1-2H3. The minimum atomic E-state index is 0.215. The number of aromatic nitrogens is 6. The highest BCUT2D eigenvalue weighted by Gasteiger charge is 2.12. The van der Waals surface area contributed by atoms with Crippen molar-refractivity contribution < 1.29 is 0 Å². The van der Waals surface area contributed by atoms with Gasteiger partial charge in [-0.1, -0.05) is 0 Å². The van der Waals surface area contributed by atoms with Crippen molar-refractivity contribution in [3.05, 3.63) is 29.9 Å². The summed E-state index contributed by atoms with van der Waals surface area (Å²) in [5.74, 6) is 0.729. The van der Waals surface area contributed by atoms with E-state index in [0.29, 0.717) is 11.0 Å². The Labute approximate surface area is 114 Å². The van der Waals surface area contributed by atoms with E-state index in [4.69, 9.17) is 11.6 Å². The predicted molar refractivity (Wildman–Crippen MR) is 71.7 cm³/mol. The Morgan fingerprint density at radius 2 is 1.95 bits per heavy atom. The molecule has 0 spiro atoms. The van der Waals surface area contributed by atoms with Gasteiger partial charge in [-0.3, -0.25) is 0 Å². The van der Waals surface area contributed by atoms with Gasteiger partial charge in [-0.15, -0.1) is 0 Å². The first-order valence-electron chi connectivity index (χ1n) is 5.84. The average molecular weight is 275 g/mol. The Balaban J connectivity index is 2.15.